The van der Waals surface area contributed by atoms with Gasteiger partial charge in [-0.1, -0.05) is 30.3 Å². The second-order valence-electron chi connectivity index (χ2n) is 4.60. The van der Waals surface area contributed by atoms with Crippen molar-refractivity contribution in [3.8, 4) is 0 Å². The summed E-state index contributed by atoms with van der Waals surface area (Å²) in [6, 6.07) is 9.31. The number of ether oxygens (including phenoxy) is 2. The van der Waals surface area contributed by atoms with E-state index < -0.39 is 5.41 Å². The molecule has 0 aliphatic heterocycles. The second-order valence-corrected chi connectivity index (χ2v) is 4.97. The van der Waals surface area contributed by atoms with Crippen molar-refractivity contribution >= 4 is 23.2 Å². The molecule has 0 bridgehead atoms. The summed E-state index contributed by atoms with van der Waals surface area (Å²) in [4.78, 5) is 11.4. The molecule has 0 aliphatic carbocycles. The average Bonchev–Trinajstić information content (AvgIpc) is 2.28. The number of carbonyl (C=O) groups excluding carboxylic acids is 1. The normalized spacial score (nSPS) is 10.8. The van der Waals surface area contributed by atoms with Crippen LogP contribution < -0.4 is 0 Å². The predicted molar refractivity (Wildman–Crippen MR) is 69.6 cm³/mol. The first-order valence-corrected chi connectivity index (χ1v) is 5.71. The van der Waals surface area contributed by atoms with Gasteiger partial charge in [0.2, 0.25) is 6.79 Å². The third-order valence-electron chi connectivity index (χ3n) is 2.00. The highest BCUT2D eigenvalue weighted by Gasteiger charge is 2.23. The third-order valence-corrected chi connectivity index (χ3v) is 2.36. The fraction of sp³-hybridized carbons (Fsp3) is 0.385. The lowest BCUT2D eigenvalue weighted by atomic mass is 9.98. The van der Waals surface area contributed by atoms with Crippen molar-refractivity contribution in [1.29, 1.82) is 0 Å². The molecule has 0 saturated heterocycles. The van der Waals surface area contributed by atoms with Gasteiger partial charge < -0.3 is 9.47 Å². The summed E-state index contributed by atoms with van der Waals surface area (Å²) >= 11 is 5.05. The summed E-state index contributed by atoms with van der Waals surface area (Å²) in [7, 11) is 0. The van der Waals surface area contributed by atoms with E-state index in [1.54, 1.807) is 20.8 Å². The Morgan fingerprint density at radius 1 is 1.18 bits per heavy atom. The molecular weight excluding hydrogens is 236 g/mol. The van der Waals surface area contributed by atoms with E-state index >= 15 is 0 Å². The summed E-state index contributed by atoms with van der Waals surface area (Å²) in [6.07, 6.45) is 0. The van der Waals surface area contributed by atoms with Gasteiger partial charge in [0.05, 0.1) is 5.41 Å². The third kappa shape index (κ3) is 4.53. The quantitative estimate of drug-likeness (QED) is 0.471. The van der Waals surface area contributed by atoms with Crippen LogP contribution in [0.25, 0.3) is 0 Å². The van der Waals surface area contributed by atoms with Gasteiger partial charge in [-0.15, -0.1) is 0 Å². The Morgan fingerprint density at radius 2 is 1.76 bits per heavy atom. The Labute approximate surface area is 107 Å². The molecule has 1 aromatic carbocycles. The fourth-order valence-electron chi connectivity index (χ4n) is 1.01. The molecule has 0 spiro atoms. The first-order valence-electron chi connectivity index (χ1n) is 5.30. The van der Waals surface area contributed by atoms with Crippen molar-refractivity contribution in [2.24, 2.45) is 5.41 Å². The van der Waals surface area contributed by atoms with Crippen LogP contribution in [0.15, 0.2) is 30.3 Å². The van der Waals surface area contributed by atoms with Crippen molar-refractivity contribution < 1.29 is 14.3 Å². The van der Waals surface area contributed by atoms with Crippen LogP contribution in [0.2, 0.25) is 0 Å². The van der Waals surface area contributed by atoms with Gasteiger partial charge in [0.15, 0.2) is 5.05 Å². The summed E-state index contributed by atoms with van der Waals surface area (Å²) in [5.41, 5.74) is 0.270. The molecule has 0 fully saturated rings. The van der Waals surface area contributed by atoms with Crippen LogP contribution in [0.4, 0.5) is 0 Å². The van der Waals surface area contributed by atoms with Gasteiger partial charge >= 0.3 is 5.97 Å². The van der Waals surface area contributed by atoms with E-state index in [1.807, 2.05) is 30.3 Å². The van der Waals surface area contributed by atoms with Gasteiger partial charge in [0, 0.05) is 5.56 Å². The highest BCUT2D eigenvalue weighted by molar-refractivity contribution is 7.80. The minimum absolute atomic E-state index is 0.149. The Hall–Kier alpha value is -1.42. The van der Waals surface area contributed by atoms with Crippen LogP contribution in [-0.4, -0.2) is 17.8 Å². The summed E-state index contributed by atoms with van der Waals surface area (Å²) in [5.74, 6) is -0.312. The smallest absolute Gasteiger partial charge is 0.314 e. The maximum absolute atomic E-state index is 11.4. The summed E-state index contributed by atoms with van der Waals surface area (Å²) in [6.45, 7) is 5.20. The minimum Gasteiger partial charge on any atom is -0.446 e. The molecule has 0 atom stereocenters. The van der Waals surface area contributed by atoms with E-state index in [0.717, 1.165) is 5.56 Å². The zero-order valence-corrected chi connectivity index (χ0v) is 11.0. The number of esters is 1. The van der Waals surface area contributed by atoms with Gasteiger partial charge in [-0.05, 0) is 33.0 Å². The van der Waals surface area contributed by atoms with Crippen LogP contribution in [0.1, 0.15) is 26.3 Å². The second kappa shape index (κ2) is 5.77. The van der Waals surface area contributed by atoms with E-state index in [4.69, 9.17) is 21.7 Å². The monoisotopic (exact) mass is 252 g/mol. The van der Waals surface area contributed by atoms with Crippen LogP contribution in [0.5, 0.6) is 0 Å². The molecule has 0 amide bonds. The molecular formula is C13H16O3S. The van der Waals surface area contributed by atoms with E-state index in [2.05, 4.69) is 0 Å². The highest BCUT2D eigenvalue weighted by Crippen LogP contribution is 2.15. The zero-order chi connectivity index (χ0) is 12.9. The first kappa shape index (κ1) is 13.6. The number of hydrogen-bond donors (Lipinski definition) is 0. The highest BCUT2D eigenvalue weighted by atomic mass is 32.1. The zero-order valence-electron chi connectivity index (χ0n) is 10.2. The topological polar surface area (TPSA) is 35.5 Å². The molecule has 0 heterocycles. The van der Waals surface area contributed by atoms with E-state index in [1.165, 1.54) is 0 Å². The number of thiocarbonyl (C=S) groups is 1. The van der Waals surface area contributed by atoms with Gasteiger partial charge in [0.1, 0.15) is 0 Å². The Morgan fingerprint density at radius 3 is 2.29 bits per heavy atom. The maximum atomic E-state index is 11.4. The van der Waals surface area contributed by atoms with Gasteiger partial charge in [0.25, 0.3) is 0 Å². The number of benzene rings is 1. The van der Waals surface area contributed by atoms with E-state index in [9.17, 15) is 4.79 Å². The molecule has 17 heavy (non-hydrogen) atoms. The molecule has 0 aliphatic rings. The lowest BCUT2D eigenvalue weighted by Crippen LogP contribution is -2.24. The molecule has 4 heteroatoms. The number of rotatable bonds is 3. The van der Waals surface area contributed by atoms with Crippen molar-refractivity contribution in [2.75, 3.05) is 6.79 Å². The standard InChI is InChI=1S/C13H16O3S/c1-13(2,3)12(14)16-9-15-11(17)10-7-5-4-6-8-10/h4-8H,9H2,1-3H3. The van der Waals surface area contributed by atoms with E-state index in [0.29, 0.717) is 5.05 Å². The lowest BCUT2D eigenvalue weighted by molar-refractivity contribution is -0.160. The minimum atomic E-state index is -0.530. The van der Waals surface area contributed by atoms with Crippen LogP contribution in [0, 0.1) is 5.41 Å². The van der Waals surface area contributed by atoms with Gasteiger partial charge in [-0.25, -0.2) is 0 Å². The van der Waals surface area contributed by atoms with Crippen molar-refractivity contribution in [2.45, 2.75) is 20.8 Å². The molecule has 0 saturated carbocycles. The van der Waals surface area contributed by atoms with Crippen LogP contribution in [0.3, 0.4) is 0 Å². The summed E-state index contributed by atoms with van der Waals surface area (Å²) < 4.78 is 10.1. The number of carbonyl (C=O) groups is 1. The van der Waals surface area contributed by atoms with Gasteiger partial charge in [-0.3, -0.25) is 4.79 Å². The Kier molecular flexibility index (Phi) is 4.63. The van der Waals surface area contributed by atoms with E-state index in [-0.39, 0.29) is 12.8 Å². The Bertz CT molecular complexity index is 393. The van der Waals surface area contributed by atoms with Crippen molar-refractivity contribution in [1.82, 2.24) is 0 Å². The molecule has 0 N–H and O–H groups in total. The molecule has 1 rings (SSSR count). The molecule has 0 unspecified atom stereocenters. The van der Waals surface area contributed by atoms with Crippen molar-refractivity contribution in [3.63, 3.8) is 0 Å². The largest absolute Gasteiger partial charge is 0.446 e. The molecule has 1 aromatic rings. The molecule has 3 nitrogen and oxygen atoms in total. The summed E-state index contributed by atoms with van der Waals surface area (Å²) in [5, 5.41) is 0.326. The Balaban J connectivity index is 2.38. The fourth-order valence-corrected chi connectivity index (χ4v) is 1.19. The first-order chi connectivity index (χ1) is 7.91. The molecule has 0 aromatic heterocycles. The van der Waals surface area contributed by atoms with Crippen molar-refractivity contribution in [3.05, 3.63) is 35.9 Å². The number of hydrogen-bond acceptors (Lipinski definition) is 4. The SMILES string of the molecule is CC(C)(C)C(=O)OCOC(=S)c1ccccc1. The van der Waals surface area contributed by atoms with Crippen LogP contribution >= 0.6 is 12.2 Å². The maximum Gasteiger partial charge on any atom is 0.314 e. The van der Waals surface area contributed by atoms with Gasteiger partial charge in [-0.2, -0.15) is 0 Å². The molecule has 0 radical (unpaired) electrons. The lowest BCUT2D eigenvalue weighted by Gasteiger charge is -2.16. The molecule has 92 valence electrons. The average molecular weight is 252 g/mol. The van der Waals surface area contributed by atoms with Crippen LogP contribution in [-0.2, 0) is 14.3 Å². The predicted octanol–water partition coefficient (Wildman–Crippen LogP) is 2.93.